The van der Waals surface area contributed by atoms with E-state index in [1.54, 1.807) is 6.20 Å². The monoisotopic (exact) mass is 254 g/mol. The average Bonchev–Trinajstić information content (AvgIpc) is 3.06. The van der Waals surface area contributed by atoms with Crippen molar-refractivity contribution in [3.05, 3.63) is 11.1 Å². The van der Waals surface area contributed by atoms with Gasteiger partial charge in [0.25, 0.3) is 0 Å². The first kappa shape index (κ1) is 12.4. The maximum atomic E-state index is 11.4. The smallest absolute Gasteiger partial charge is 0.349 e. The summed E-state index contributed by atoms with van der Waals surface area (Å²) in [6, 6.07) is 0.637. The third-order valence-corrected chi connectivity index (χ3v) is 3.88. The van der Waals surface area contributed by atoms with Crippen molar-refractivity contribution in [1.29, 1.82) is 0 Å². The maximum Gasteiger partial charge on any atom is 0.349 e. The lowest BCUT2D eigenvalue weighted by Gasteiger charge is -2.20. The van der Waals surface area contributed by atoms with Crippen LogP contribution in [0.3, 0.4) is 0 Å². The van der Waals surface area contributed by atoms with Crippen LogP contribution in [-0.4, -0.2) is 30.6 Å². The second-order valence-corrected chi connectivity index (χ2v) is 5.29. The minimum absolute atomic E-state index is 0.292. The van der Waals surface area contributed by atoms with Crippen molar-refractivity contribution in [2.75, 3.05) is 18.6 Å². The highest BCUT2D eigenvalue weighted by Crippen LogP contribution is 2.34. The standard InChI is InChI=1S/C12H18N2O2S/c1-3-4-7-14(9-5-6-9)12-13-8-10(17-12)11(15)16-2/h8-9H,3-7H2,1-2H3. The van der Waals surface area contributed by atoms with Crippen molar-refractivity contribution >= 4 is 22.4 Å². The molecule has 17 heavy (non-hydrogen) atoms. The van der Waals surface area contributed by atoms with Crippen LogP contribution >= 0.6 is 11.3 Å². The number of anilines is 1. The van der Waals surface area contributed by atoms with Crippen LogP contribution in [-0.2, 0) is 4.74 Å². The van der Waals surface area contributed by atoms with E-state index in [4.69, 9.17) is 4.74 Å². The van der Waals surface area contributed by atoms with E-state index in [1.807, 2.05) is 0 Å². The Labute approximate surface area is 106 Å². The largest absolute Gasteiger partial charge is 0.465 e. The van der Waals surface area contributed by atoms with Crippen LogP contribution in [0.15, 0.2) is 6.20 Å². The van der Waals surface area contributed by atoms with E-state index in [9.17, 15) is 4.79 Å². The Balaban J connectivity index is 2.07. The maximum absolute atomic E-state index is 11.4. The van der Waals surface area contributed by atoms with Gasteiger partial charge in [0.1, 0.15) is 4.88 Å². The Morgan fingerprint density at radius 3 is 3.00 bits per heavy atom. The van der Waals surface area contributed by atoms with Crippen LogP contribution < -0.4 is 4.90 Å². The molecule has 1 aliphatic carbocycles. The summed E-state index contributed by atoms with van der Waals surface area (Å²) in [7, 11) is 1.40. The number of esters is 1. The zero-order chi connectivity index (χ0) is 12.3. The number of methoxy groups -OCH3 is 1. The second kappa shape index (κ2) is 5.49. The first-order chi connectivity index (χ1) is 8.26. The molecule has 0 saturated heterocycles. The first-order valence-corrected chi connectivity index (χ1v) is 6.88. The van der Waals surface area contributed by atoms with Crippen molar-refractivity contribution in [3.63, 3.8) is 0 Å². The lowest BCUT2D eigenvalue weighted by molar-refractivity contribution is 0.0606. The highest BCUT2D eigenvalue weighted by molar-refractivity contribution is 7.17. The van der Waals surface area contributed by atoms with Crippen LogP contribution in [0.2, 0.25) is 0 Å². The third-order valence-electron chi connectivity index (χ3n) is 2.87. The van der Waals surface area contributed by atoms with Gasteiger partial charge in [0, 0.05) is 12.6 Å². The van der Waals surface area contributed by atoms with Gasteiger partial charge in [0.15, 0.2) is 5.13 Å². The Morgan fingerprint density at radius 2 is 2.41 bits per heavy atom. The van der Waals surface area contributed by atoms with E-state index in [2.05, 4.69) is 16.8 Å². The van der Waals surface area contributed by atoms with Gasteiger partial charge >= 0.3 is 5.97 Å². The fourth-order valence-corrected chi connectivity index (χ4v) is 2.67. The zero-order valence-corrected chi connectivity index (χ0v) is 11.1. The number of hydrogen-bond donors (Lipinski definition) is 0. The Morgan fingerprint density at radius 1 is 1.65 bits per heavy atom. The molecule has 1 aliphatic rings. The molecule has 0 N–H and O–H groups in total. The quantitative estimate of drug-likeness (QED) is 0.732. The highest BCUT2D eigenvalue weighted by atomic mass is 32.1. The average molecular weight is 254 g/mol. The topological polar surface area (TPSA) is 42.4 Å². The summed E-state index contributed by atoms with van der Waals surface area (Å²) >= 11 is 1.43. The van der Waals surface area contributed by atoms with E-state index in [0.717, 1.165) is 11.7 Å². The number of carbonyl (C=O) groups is 1. The molecule has 1 fully saturated rings. The third kappa shape index (κ3) is 2.97. The second-order valence-electron chi connectivity index (χ2n) is 4.28. The van der Waals surface area contributed by atoms with Gasteiger partial charge in [-0.15, -0.1) is 0 Å². The van der Waals surface area contributed by atoms with Crippen LogP contribution in [0.5, 0.6) is 0 Å². The summed E-state index contributed by atoms with van der Waals surface area (Å²) in [6.07, 6.45) is 6.46. The predicted octanol–water partition coefficient (Wildman–Crippen LogP) is 2.70. The summed E-state index contributed by atoms with van der Waals surface area (Å²) in [5, 5.41) is 0.960. The number of hydrogen-bond acceptors (Lipinski definition) is 5. The van der Waals surface area contributed by atoms with Crippen LogP contribution in [0.4, 0.5) is 5.13 Å². The summed E-state index contributed by atoms with van der Waals surface area (Å²) in [5.74, 6) is -0.292. The Hall–Kier alpha value is -1.10. The summed E-state index contributed by atoms with van der Waals surface area (Å²) in [6.45, 7) is 3.22. The van der Waals surface area contributed by atoms with Gasteiger partial charge in [-0.25, -0.2) is 9.78 Å². The van der Waals surface area contributed by atoms with Gasteiger partial charge in [0.2, 0.25) is 0 Å². The van der Waals surface area contributed by atoms with Gasteiger partial charge in [-0.1, -0.05) is 24.7 Å². The van der Waals surface area contributed by atoms with Crippen LogP contribution in [0, 0.1) is 0 Å². The predicted molar refractivity (Wildman–Crippen MR) is 68.7 cm³/mol. The molecule has 1 saturated carbocycles. The minimum Gasteiger partial charge on any atom is -0.465 e. The molecule has 0 radical (unpaired) electrons. The molecular weight excluding hydrogens is 236 g/mol. The van der Waals surface area contributed by atoms with Crippen molar-refractivity contribution in [2.24, 2.45) is 0 Å². The molecule has 0 spiro atoms. The SMILES string of the molecule is CCCCN(c1ncc(C(=O)OC)s1)C1CC1. The number of rotatable bonds is 6. The Bertz CT molecular complexity index is 388. The number of nitrogens with zero attached hydrogens (tertiary/aromatic N) is 2. The molecule has 5 heteroatoms. The summed E-state index contributed by atoms with van der Waals surface area (Å²) in [4.78, 5) is 18.6. The fraction of sp³-hybridized carbons (Fsp3) is 0.667. The Kier molecular flexibility index (Phi) is 3.99. The molecule has 0 aromatic carbocycles. The molecule has 0 amide bonds. The number of aromatic nitrogens is 1. The van der Waals surface area contributed by atoms with Gasteiger partial charge in [-0.2, -0.15) is 0 Å². The van der Waals surface area contributed by atoms with E-state index in [0.29, 0.717) is 10.9 Å². The molecule has 0 unspecified atom stereocenters. The number of unbranched alkanes of at least 4 members (excludes halogenated alkanes) is 1. The summed E-state index contributed by atoms with van der Waals surface area (Å²) in [5.41, 5.74) is 0. The molecule has 0 bridgehead atoms. The first-order valence-electron chi connectivity index (χ1n) is 6.07. The zero-order valence-electron chi connectivity index (χ0n) is 10.3. The molecule has 0 aliphatic heterocycles. The molecule has 94 valence electrons. The lowest BCUT2D eigenvalue weighted by Crippen LogP contribution is -2.26. The van der Waals surface area contributed by atoms with E-state index < -0.39 is 0 Å². The summed E-state index contributed by atoms with van der Waals surface area (Å²) < 4.78 is 4.70. The van der Waals surface area contributed by atoms with Crippen LogP contribution in [0.25, 0.3) is 0 Å². The minimum atomic E-state index is -0.292. The molecule has 2 rings (SSSR count). The number of carbonyl (C=O) groups excluding carboxylic acids is 1. The molecule has 1 heterocycles. The fourth-order valence-electron chi connectivity index (χ4n) is 1.74. The van der Waals surface area contributed by atoms with E-state index >= 15 is 0 Å². The lowest BCUT2D eigenvalue weighted by atomic mass is 10.3. The van der Waals surface area contributed by atoms with E-state index in [-0.39, 0.29) is 5.97 Å². The van der Waals surface area contributed by atoms with Crippen molar-refractivity contribution in [2.45, 2.75) is 38.6 Å². The van der Waals surface area contributed by atoms with Gasteiger partial charge in [0.05, 0.1) is 13.3 Å². The molecular formula is C12H18N2O2S. The number of ether oxygens (including phenoxy) is 1. The van der Waals surface area contributed by atoms with Gasteiger partial charge < -0.3 is 9.64 Å². The normalized spacial score (nSPS) is 14.7. The van der Waals surface area contributed by atoms with Crippen LogP contribution in [0.1, 0.15) is 42.3 Å². The highest BCUT2D eigenvalue weighted by Gasteiger charge is 2.30. The molecule has 0 atom stereocenters. The van der Waals surface area contributed by atoms with Crippen molar-refractivity contribution in [3.8, 4) is 0 Å². The van der Waals surface area contributed by atoms with E-state index in [1.165, 1.54) is 44.1 Å². The van der Waals surface area contributed by atoms with Gasteiger partial charge in [-0.3, -0.25) is 0 Å². The number of thiazole rings is 1. The molecule has 1 aromatic heterocycles. The van der Waals surface area contributed by atoms with Gasteiger partial charge in [-0.05, 0) is 19.3 Å². The molecule has 4 nitrogen and oxygen atoms in total. The molecule has 1 aromatic rings. The van der Waals surface area contributed by atoms with Crippen molar-refractivity contribution in [1.82, 2.24) is 4.98 Å². The van der Waals surface area contributed by atoms with Crippen molar-refractivity contribution < 1.29 is 9.53 Å².